The molecule has 0 bridgehead atoms. The summed E-state index contributed by atoms with van der Waals surface area (Å²) in [6.07, 6.45) is 0. The first-order chi connectivity index (χ1) is 9.16. The van der Waals surface area contributed by atoms with Gasteiger partial charge in [-0.25, -0.2) is 0 Å². The van der Waals surface area contributed by atoms with E-state index >= 15 is 0 Å². The van der Waals surface area contributed by atoms with E-state index in [-0.39, 0.29) is 11.2 Å². The van der Waals surface area contributed by atoms with Gasteiger partial charge in [0.05, 0.1) is 5.69 Å². The van der Waals surface area contributed by atoms with Crippen molar-refractivity contribution < 1.29 is 4.79 Å². The lowest BCUT2D eigenvalue weighted by atomic mass is 10.1. The summed E-state index contributed by atoms with van der Waals surface area (Å²) in [4.78, 5) is 15.2. The molecular formula is C15H14N2OS. The van der Waals surface area contributed by atoms with Crippen LogP contribution in [-0.4, -0.2) is 13.0 Å². The number of carbonyl (C=O) groups is 1. The number of likely N-dealkylation sites (N-methyl/N-ethyl adjacent to an activating group) is 1. The first-order valence-corrected chi connectivity index (χ1v) is 6.93. The number of fused-ring (bicyclic) bond motifs is 1. The molecule has 1 aliphatic heterocycles. The van der Waals surface area contributed by atoms with Gasteiger partial charge in [0.15, 0.2) is 0 Å². The Kier molecular flexibility index (Phi) is 2.95. The molecule has 2 aromatic rings. The summed E-state index contributed by atoms with van der Waals surface area (Å²) in [5.74, 6) is 0.0919. The minimum absolute atomic E-state index is 0.0919. The van der Waals surface area contributed by atoms with E-state index in [1.54, 1.807) is 23.7 Å². The Morgan fingerprint density at radius 1 is 1.16 bits per heavy atom. The van der Waals surface area contributed by atoms with E-state index in [0.29, 0.717) is 5.69 Å². The molecule has 3 rings (SSSR count). The van der Waals surface area contributed by atoms with Crippen molar-refractivity contribution in [3.8, 4) is 0 Å². The molecule has 3 nitrogen and oxygen atoms in total. The Morgan fingerprint density at radius 3 is 2.63 bits per heavy atom. The van der Waals surface area contributed by atoms with Gasteiger partial charge in [0, 0.05) is 17.6 Å². The van der Waals surface area contributed by atoms with Gasteiger partial charge in [-0.05, 0) is 23.8 Å². The van der Waals surface area contributed by atoms with Gasteiger partial charge in [0.2, 0.25) is 5.91 Å². The first kappa shape index (κ1) is 12.1. The summed E-state index contributed by atoms with van der Waals surface area (Å²) >= 11 is 1.58. The van der Waals surface area contributed by atoms with Crippen molar-refractivity contribution in [3.63, 3.8) is 0 Å². The molecular weight excluding hydrogens is 256 g/mol. The van der Waals surface area contributed by atoms with E-state index in [2.05, 4.69) is 0 Å². The average Bonchev–Trinajstić information content (AvgIpc) is 2.44. The van der Waals surface area contributed by atoms with Crippen molar-refractivity contribution in [3.05, 3.63) is 54.1 Å². The van der Waals surface area contributed by atoms with Crippen LogP contribution in [0.2, 0.25) is 0 Å². The number of hydrogen-bond acceptors (Lipinski definition) is 3. The maximum atomic E-state index is 12.5. The number of nitrogens with zero attached hydrogens (tertiary/aromatic N) is 1. The lowest BCUT2D eigenvalue weighted by molar-refractivity contribution is -0.118. The number of benzene rings is 2. The fourth-order valence-electron chi connectivity index (χ4n) is 2.21. The van der Waals surface area contributed by atoms with Crippen LogP contribution >= 0.6 is 11.8 Å². The zero-order valence-electron chi connectivity index (χ0n) is 10.5. The fraction of sp³-hybridized carbons (Fsp3) is 0.133. The number of nitrogens with two attached hydrogens (primary N) is 1. The third-order valence-corrected chi connectivity index (χ3v) is 4.56. The van der Waals surface area contributed by atoms with Crippen molar-refractivity contribution in [2.24, 2.45) is 0 Å². The third kappa shape index (κ3) is 2.08. The molecule has 1 unspecified atom stereocenters. The van der Waals surface area contributed by atoms with Crippen LogP contribution in [0.1, 0.15) is 10.8 Å². The van der Waals surface area contributed by atoms with Gasteiger partial charge in [0.1, 0.15) is 5.25 Å². The molecule has 96 valence electrons. The number of amides is 1. The van der Waals surface area contributed by atoms with Gasteiger partial charge in [0.25, 0.3) is 0 Å². The second-order valence-corrected chi connectivity index (χ2v) is 5.68. The van der Waals surface area contributed by atoms with E-state index in [0.717, 1.165) is 16.1 Å². The molecule has 19 heavy (non-hydrogen) atoms. The van der Waals surface area contributed by atoms with Crippen molar-refractivity contribution in [2.45, 2.75) is 10.1 Å². The van der Waals surface area contributed by atoms with Gasteiger partial charge in [-0.1, -0.05) is 30.3 Å². The van der Waals surface area contributed by atoms with Crippen LogP contribution in [0.25, 0.3) is 0 Å². The van der Waals surface area contributed by atoms with Crippen LogP contribution in [0.5, 0.6) is 0 Å². The fourth-order valence-corrected chi connectivity index (χ4v) is 3.48. The molecule has 1 heterocycles. The predicted molar refractivity (Wildman–Crippen MR) is 79.3 cm³/mol. The minimum Gasteiger partial charge on any atom is -0.399 e. The standard InChI is InChI=1S/C15H14N2OS/c1-17-12-9-11(16)7-8-13(12)19-14(15(17)18)10-5-3-2-4-6-10/h2-9,14H,16H2,1H3. The van der Waals surface area contributed by atoms with Gasteiger partial charge in [-0.2, -0.15) is 0 Å². The number of thioether (sulfide) groups is 1. The highest BCUT2D eigenvalue weighted by molar-refractivity contribution is 8.00. The minimum atomic E-state index is -0.178. The predicted octanol–water partition coefficient (Wildman–Crippen LogP) is 3.08. The summed E-state index contributed by atoms with van der Waals surface area (Å²) in [6, 6.07) is 15.6. The van der Waals surface area contributed by atoms with Crippen LogP contribution in [0.15, 0.2) is 53.4 Å². The molecule has 1 aliphatic rings. The normalized spacial score (nSPS) is 18.3. The van der Waals surface area contributed by atoms with E-state index in [9.17, 15) is 4.79 Å². The zero-order valence-corrected chi connectivity index (χ0v) is 11.4. The monoisotopic (exact) mass is 270 g/mol. The Balaban J connectivity index is 2.04. The molecule has 2 aromatic carbocycles. The zero-order chi connectivity index (χ0) is 13.4. The van der Waals surface area contributed by atoms with Gasteiger partial charge >= 0.3 is 0 Å². The molecule has 1 atom stereocenters. The first-order valence-electron chi connectivity index (χ1n) is 6.05. The summed E-state index contributed by atoms with van der Waals surface area (Å²) in [6.45, 7) is 0. The van der Waals surface area contributed by atoms with Crippen LogP contribution in [0.4, 0.5) is 11.4 Å². The topological polar surface area (TPSA) is 46.3 Å². The van der Waals surface area contributed by atoms with E-state index in [1.165, 1.54) is 0 Å². The molecule has 1 amide bonds. The number of rotatable bonds is 1. The molecule has 0 spiro atoms. The Labute approximate surface area is 116 Å². The van der Waals surface area contributed by atoms with Crippen molar-refractivity contribution in [1.82, 2.24) is 0 Å². The summed E-state index contributed by atoms with van der Waals surface area (Å²) in [7, 11) is 1.80. The number of anilines is 2. The van der Waals surface area contributed by atoms with Crippen LogP contribution < -0.4 is 10.6 Å². The summed E-state index contributed by atoms with van der Waals surface area (Å²) in [5.41, 5.74) is 8.39. The maximum absolute atomic E-state index is 12.5. The molecule has 0 fully saturated rings. The lowest BCUT2D eigenvalue weighted by Crippen LogP contribution is -2.33. The lowest BCUT2D eigenvalue weighted by Gasteiger charge is -2.31. The van der Waals surface area contributed by atoms with Crippen molar-refractivity contribution in [1.29, 1.82) is 0 Å². The van der Waals surface area contributed by atoms with Crippen LogP contribution in [0, 0.1) is 0 Å². The van der Waals surface area contributed by atoms with E-state index < -0.39 is 0 Å². The Morgan fingerprint density at radius 2 is 1.89 bits per heavy atom. The Bertz CT molecular complexity index is 627. The molecule has 0 saturated heterocycles. The highest BCUT2D eigenvalue weighted by Crippen LogP contribution is 2.46. The number of hydrogen-bond donors (Lipinski definition) is 1. The molecule has 0 saturated carbocycles. The number of nitrogen functional groups attached to an aromatic ring is 1. The van der Waals surface area contributed by atoms with Crippen LogP contribution in [-0.2, 0) is 4.79 Å². The van der Waals surface area contributed by atoms with Gasteiger partial charge < -0.3 is 10.6 Å². The largest absolute Gasteiger partial charge is 0.399 e. The smallest absolute Gasteiger partial charge is 0.244 e. The van der Waals surface area contributed by atoms with Crippen molar-refractivity contribution in [2.75, 3.05) is 17.7 Å². The van der Waals surface area contributed by atoms with Gasteiger partial charge in [-0.3, -0.25) is 4.79 Å². The molecule has 0 aromatic heterocycles. The van der Waals surface area contributed by atoms with Crippen LogP contribution in [0.3, 0.4) is 0 Å². The third-order valence-electron chi connectivity index (χ3n) is 3.25. The summed E-state index contributed by atoms with van der Waals surface area (Å²) < 4.78 is 0. The molecule has 4 heteroatoms. The van der Waals surface area contributed by atoms with Crippen molar-refractivity contribution >= 4 is 29.0 Å². The van der Waals surface area contributed by atoms with E-state index in [4.69, 9.17) is 5.73 Å². The highest BCUT2D eigenvalue weighted by atomic mass is 32.2. The summed E-state index contributed by atoms with van der Waals surface area (Å²) in [5, 5.41) is -0.178. The SMILES string of the molecule is CN1C(=O)C(c2ccccc2)Sc2ccc(N)cc21. The van der Waals surface area contributed by atoms with E-state index in [1.807, 2.05) is 48.5 Å². The molecule has 0 radical (unpaired) electrons. The second kappa shape index (κ2) is 4.63. The molecule has 0 aliphatic carbocycles. The quantitative estimate of drug-likeness (QED) is 0.810. The van der Waals surface area contributed by atoms with Gasteiger partial charge in [-0.15, -0.1) is 11.8 Å². The second-order valence-electron chi connectivity index (χ2n) is 4.53. The molecule has 2 N–H and O–H groups in total. The maximum Gasteiger partial charge on any atom is 0.244 e. The highest BCUT2D eigenvalue weighted by Gasteiger charge is 2.32. The average molecular weight is 270 g/mol. The Hall–Kier alpha value is -1.94. The number of carbonyl (C=O) groups excluding carboxylic acids is 1.